The molecule has 8 nitrogen and oxygen atoms in total. The fourth-order valence-electron chi connectivity index (χ4n) is 6.24. The molecule has 6 atom stereocenters. The maximum Gasteiger partial charge on any atom is 0.327 e. The maximum absolute atomic E-state index is 12.4. The predicted molar refractivity (Wildman–Crippen MR) is 126 cm³/mol. The smallest absolute Gasteiger partial charge is 0.327 e. The number of ether oxygens (including phenoxy) is 2. The number of carboxylic acid groups (broad SMARTS) is 1. The number of epoxide rings is 1. The molecule has 34 heavy (non-hydrogen) atoms. The Morgan fingerprint density at radius 2 is 1.56 bits per heavy atom. The Balaban J connectivity index is 1.11. The van der Waals surface area contributed by atoms with Gasteiger partial charge in [-0.1, -0.05) is 44.6 Å². The lowest BCUT2D eigenvalue weighted by atomic mass is 9.76. The number of nitrogens with one attached hydrogen (secondary N) is 2. The Kier molecular flexibility index (Phi) is 9.00. The third-order valence-corrected chi connectivity index (χ3v) is 8.06. The van der Waals surface area contributed by atoms with Gasteiger partial charge in [0.25, 0.3) is 0 Å². The van der Waals surface area contributed by atoms with Crippen LogP contribution in [-0.2, 0) is 23.9 Å². The number of hydrogen-bond acceptors (Lipinski definition) is 5. The van der Waals surface area contributed by atoms with Crippen molar-refractivity contribution < 1.29 is 29.0 Å². The Labute approximate surface area is 202 Å². The summed E-state index contributed by atoms with van der Waals surface area (Å²) in [5.41, 5.74) is 0. The normalized spacial score (nSPS) is 32.0. The van der Waals surface area contributed by atoms with Crippen LogP contribution < -0.4 is 10.6 Å². The molecule has 8 heteroatoms. The van der Waals surface area contributed by atoms with Gasteiger partial charge in [0.1, 0.15) is 12.2 Å². The fourth-order valence-corrected chi connectivity index (χ4v) is 6.24. The van der Waals surface area contributed by atoms with E-state index in [2.05, 4.69) is 10.6 Å². The fraction of sp³-hybridized carbons (Fsp3) is 0.808. The first-order valence-electron chi connectivity index (χ1n) is 13.3. The van der Waals surface area contributed by atoms with Gasteiger partial charge in [0.05, 0.1) is 18.8 Å². The van der Waals surface area contributed by atoms with E-state index < -0.39 is 5.97 Å². The molecule has 4 aliphatic rings. The first-order chi connectivity index (χ1) is 16.5. The lowest BCUT2D eigenvalue weighted by molar-refractivity contribution is -0.131. The summed E-state index contributed by atoms with van der Waals surface area (Å²) in [5, 5.41) is 14.4. The summed E-state index contributed by atoms with van der Waals surface area (Å²) < 4.78 is 11.9. The number of hydrogen-bond donors (Lipinski definition) is 3. The van der Waals surface area contributed by atoms with Crippen LogP contribution in [0.3, 0.4) is 0 Å². The Morgan fingerprint density at radius 1 is 0.824 bits per heavy atom. The lowest BCUT2D eigenvalue weighted by Gasteiger charge is -2.26. The summed E-state index contributed by atoms with van der Waals surface area (Å²) >= 11 is 0. The molecule has 2 bridgehead atoms. The molecule has 3 aliphatic heterocycles. The molecule has 3 heterocycles. The van der Waals surface area contributed by atoms with Crippen molar-refractivity contribution in [3.63, 3.8) is 0 Å². The minimum atomic E-state index is -0.912. The topological polar surface area (TPSA) is 117 Å². The Bertz CT molecular complexity index is 750. The van der Waals surface area contributed by atoms with Gasteiger partial charge in [-0.2, -0.15) is 0 Å². The summed E-state index contributed by atoms with van der Waals surface area (Å²) in [6.45, 7) is 0.556. The van der Waals surface area contributed by atoms with Crippen LogP contribution in [-0.4, -0.2) is 60.4 Å². The molecule has 1 saturated carbocycles. The third-order valence-electron chi connectivity index (χ3n) is 8.06. The van der Waals surface area contributed by atoms with Gasteiger partial charge in [0.2, 0.25) is 11.8 Å². The van der Waals surface area contributed by atoms with E-state index in [0.29, 0.717) is 18.9 Å². The van der Waals surface area contributed by atoms with Crippen LogP contribution in [0.4, 0.5) is 0 Å². The van der Waals surface area contributed by atoms with Crippen LogP contribution in [0.5, 0.6) is 0 Å². The second kappa shape index (κ2) is 12.2. The highest BCUT2D eigenvalue weighted by atomic mass is 16.7. The number of aliphatic carboxylic acids is 1. The van der Waals surface area contributed by atoms with Crippen LogP contribution >= 0.6 is 0 Å². The zero-order valence-corrected chi connectivity index (χ0v) is 20.1. The van der Waals surface area contributed by atoms with Crippen LogP contribution in [0.1, 0.15) is 77.0 Å². The van der Waals surface area contributed by atoms with Crippen LogP contribution in [0.25, 0.3) is 0 Å². The largest absolute Gasteiger partial charge is 0.478 e. The van der Waals surface area contributed by atoms with Crippen molar-refractivity contribution in [3.05, 3.63) is 12.2 Å². The third kappa shape index (κ3) is 6.81. The van der Waals surface area contributed by atoms with E-state index in [9.17, 15) is 14.4 Å². The molecule has 0 spiro atoms. The van der Waals surface area contributed by atoms with E-state index >= 15 is 0 Å². The van der Waals surface area contributed by atoms with Gasteiger partial charge in [-0.15, -0.1) is 0 Å². The van der Waals surface area contributed by atoms with Gasteiger partial charge in [-0.25, -0.2) is 4.79 Å². The first-order valence-corrected chi connectivity index (χ1v) is 13.3. The summed E-state index contributed by atoms with van der Waals surface area (Å²) in [4.78, 5) is 35.0. The molecular formula is C26H40N2O6. The second-order valence-corrected chi connectivity index (χ2v) is 10.5. The standard InChI is InChI=1S/C26H40N2O6/c29-20(13-8-11-17-9-4-3-5-10-17)28-16-21(30)27-15-19-18(12-6-1-2-7-14-22(31)32)23-25-26(34-25)24(19)33-23/h7,14,17-19,23-26H,1-6,8-13,15-16H2,(H,27,30)(H,28,29)(H,31,32)/t18-,19+,23+,24-,25-,26+/m1/s1. The van der Waals surface area contributed by atoms with Gasteiger partial charge in [0.15, 0.2) is 0 Å². The van der Waals surface area contributed by atoms with Crippen molar-refractivity contribution in [1.82, 2.24) is 10.6 Å². The summed E-state index contributed by atoms with van der Waals surface area (Å²) in [6.07, 6.45) is 16.2. The monoisotopic (exact) mass is 476 g/mol. The number of amides is 2. The zero-order chi connectivity index (χ0) is 23.9. The SMILES string of the molecule is O=C(O)C=CCCCC[C@@H]1[C@H](CNC(=O)CNC(=O)CCCC2CCCCC2)[C@H]2O[C@@H]1[C@H]1O[C@H]12. The molecule has 0 aromatic heterocycles. The minimum Gasteiger partial charge on any atom is -0.478 e. The van der Waals surface area contributed by atoms with Crippen molar-refractivity contribution >= 4 is 17.8 Å². The van der Waals surface area contributed by atoms with Gasteiger partial charge in [0, 0.05) is 25.0 Å². The van der Waals surface area contributed by atoms with Gasteiger partial charge in [-0.3, -0.25) is 9.59 Å². The van der Waals surface area contributed by atoms with Gasteiger partial charge >= 0.3 is 5.97 Å². The van der Waals surface area contributed by atoms with Crippen molar-refractivity contribution in [2.75, 3.05) is 13.1 Å². The number of allylic oxidation sites excluding steroid dienone is 1. The number of carbonyl (C=O) groups excluding carboxylic acids is 2. The lowest BCUT2D eigenvalue weighted by Crippen LogP contribution is -2.44. The van der Waals surface area contributed by atoms with Gasteiger partial charge in [-0.05, 0) is 43.9 Å². The molecule has 0 aromatic carbocycles. The predicted octanol–water partition coefficient (Wildman–Crippen LogP) is 2.95. The average molecular weight is 477 g/mol. The Morgan fingerprint density at radius 3 is 2.32 bits per heavy atom. The summed E-state index contributed by atoms with van der Waals surface area (Å²) in [5.74, 6) is 0.223. The van der Waals surface area contributed by atoms with E-state index in [0.717, 1.165) is 44.4 Å². The molecule has 3 N–H and O–H groups in total. The quantitative estimate of drug-likeness (QED) is 0.202. The molecule has 190 valence electrons. The molecule has 2 amide bonds. The molecule has 0 aromatic rings. The van der Waals surface area contributed by atoms with Crippen molar-refractivity contribution in [3.8, 4) is 0 Å². The highest BCUT2D eigenvalue weighted by molar-refractivity contribution is 5.84. The first kappa shape index (κ1) is 25.2. The number of rotatable bonds is 14. The molecule has 3 saturated heterocycles. The number of fused-ring (bicyclic) bond motifs is 5. The van der Waals surface area contributed by atoms with Crippen LogP contribution in [0.2, 0.25) is 0 Å². The van der Waals surface area contributed by atoms with Crippen LogP contribution in [0.15, 0.2) is 12.2 Å². The molecule has 0 unspecified atom stereocenters. The summed E-state index contributed by atoms with van der Waals surface area (Å²) in [6, 6.07) is 0. The van der Waals surface area contributed by atoms with E-state index in [4.69, 9.17) is 14.6 Å². The van der Waals surface area contributed by atoms with E-state index in [1.807, 2.05) is 0 Å². The van der Waals surface area contributed by atoms with E-state index in [-0.39, 0.29) is 48.7 Å². The number of unbranched alkanes of at least 4 members (excludes halogenated alkanes) is 2. The van der Waals surface area contributed by atoms with E-state index in [1.54, 1.807) is 6.08 Å². The molecule has 1 aliphatic carbocycles. The number of carbonyl (C=O) groups is 3. The van der Waals surface area contributed by atoms with Crippen molar-refractivity contribution in [2.45, 2.75) is 101 Å². The Hall–Kier alpha value is -1.93. The van der Waals surface area contributed by atoms with Crippen molar-refractivity contribution in [2.24, 2.45) is 17.8 Å². The van der Waals surface area contributed by atoms with Crippen LogP contribution in [0, 0.1) is 17.8 Å². The summed E-state index contributed by atoms with van der Waals surface area (Å²) in [7, 11) is 0. The highest BCUT2D eigenvalue weighted by Gasteiger charge is 2.68. The zero-order valence-electron chi connectivity index (χ0n) is 20.1. The average Bonchev–Trinajstić information content (AvgIpc) is 3.45. The molecule has 0 radical (unpaired) electrons. The minimum absolute atomic E-state index is 0.0209. The second-order valence-electron chi connectivity index (χ2n) is 10.5. The molecule has 4 fully saturated rings. The number of carboxylic acids is 1. The maximum atomic E-state index is 12.4. The highest BCUT2D eigenvalue weighted by Crippen LogP contribution is 2.54. The van der Waals surface area contributed by atoms with Gasteiger partial charge < -0.3 is 25.2 Å². The molecule has 4 rings (SSSR count). The van der Waals surface area contributed by atoms with E-state index in [1.165, 1.54) is 38.2 Å². The van der Waals surface area contributed by atoms with Crippen molar-refractivity contribution in [1.29, 1.82) is 0 Å². The molecular weight excluding hydrogens is 436 g/mol.